The van der Waals surface area contributed by atoms with Gasteiger partial charge in [-0.25, -0.2) is 0 Å². The van der Waals surface area contributed by atoms with Crippen LogP contribution in [0.15, 0.2) is 36.4 Å². The summed E-state index contributed by atoms with van der Waals surface area (Å²) < 4.78 is 16.0. The molecular formula is C19H24ClN3O7. The van der Waals surface area contributed by atoms with E-state index in [1.165, 1.54) is 6.07 Å². The van der Waals surface area contributed by atoms with E-state index >= 15 is 0 Å². The number of halogens is 1. The van der Waals surface area contributed by atoms with Crippen molar-refractivity contribution in [3.05, 3.63) is 62.2 Å². The summed E-state index contributed by atoms with van der Waals surface area (Å²) in [7, 11) is 5.11. The average molecular weight is 442 g/mol. The van der Waals surface area contributed by atoms with Gasteiger partial charge in [0.1, 0.15) is 12.4 Å². The minimum atomic E-state index is -0.791. The van der Waals surface area contributed by atoms with E-state index in [2.05, 4.69) is 4.90 Å². The summed E-state index contributed by atoms with van der Waals surface area (Å²) in [6, 6.07) is 9.27. The third kappa shape index (κ3) is 6.75. The zero-order chi connectivity index (χ0) is 21.4. The number of ether oxygens (including phenoxy) is 3. The van der Waals surface area contributed by atoms with Crippen molar-refractivity contribution >= 4 is 23.8 Å². The largest absolute Gasteiger partial charge is 0.493 e. The number of rotatable bonds is 11. The molecule has 164 valence electrons. The molecule has 11 heteroatoms. The predicted molar refractivity (Wildman–Crippen MR) is 113 cm³/mol. The number of nitro benzene ring substituents is 2. The molecule has 0 heterocycles. The van der Waals surface area contributed by atoms with Gasteiger partial charge in [-0.2, -0.15) is 0 Å². The van der Waals surface area contributed by atoms with Crippen LogP contribution >= 0.6 is 12.4 Å². The van der Waals surface area contributed by atoms with Crippen molar-refractivity contribution in [2.45, 2.75) is 6.42 Å². The van der Waals surface area contributed by atoms with Gasteiger partial charge in [0.05, 0.1) is 30.1 Å². The summed E-state index contributed by atoms with van der Waals surface area (Å²) in [5, 5.41) is 21.8. The Balaban J connectivity index is 0.00000450. The summed E-state index contributed by atoms with van der Waals surface area (Å²) >= 11 is 0. The molecule has 0 atom stereocenters. The van der Waals surface area contributed by atoms with Gasteiger partial charge in [-0.05, 0) is 37.2 Å². The molecule has 0 fully saturated rings. The van der Waals surface area contributed by atoms with Crippen LogP contribution in [0.2, 0.25) is 0 Å². The second-order valence-corrected chi connectivity index (χ2v) is 6.26. The average Bonchev–Trinajstić information content (AvgIpc) is 2.71. The van der Waals surface area contributed by atoms with Crippen molar-refractivity contribution in [1.29, 1.82) is 0 Å². The van der Waals surface area contributed by atoms with E-state index in [9.17, 15) is 20.2 Å². The zero-order valence-electron chi connectivity index (χ0n) is 16.9. The van der Waals surface area contributed by atoms with Gasteiger partial charge in [0.2, 0.25) is 0 Å². The lowest BCUT2D eigenvalue weighted by molar-refractivity contribution is -0.422. The van der Waals surface area contributed by atoms with Crippen molar-refractivity contribution in [2.75, 3.05) is 41.0 Å². The van der Waals surface area contributed by atoms with E-state index in [-0.39, 0.29) is 24.8 Å². The molecule has 10 nitrogen and oxygen atoms in total. The van der Waals surface area contributed by atoms with Crippen molar-refractivity contribution in [3.8, 4) is 17.2 Å². The molecule has 2 rings (SSSR count). The predicted octanol–water partition coefficient (Wildman–Crippen LogP) is 3.50. The Bertz CT molecular complexity index is 879. The maximum absolute atomic E-state index is 11.0. The molecule has 0 spiro atoms. The van der Waals surface area contributed by atoms with Crippen LogP contribution in [0.3, 0.4) is 0 Å². The van der Waals surface area contributed by atoms with Crippen LogP contribution in [-0.2, 0) is 6.42 Å². The Labute approximate surface area is 180 Å². The van der Waals surface area contributed by atoms with Gasteiger partial charge in [0.15, 0.2) is 11.5 Å². The van der Waals surface area contributed by atoms with Crippen LogP contribution in [-0.4, -0.2) is 55.7 Å². The number of nitrogens with zero attached hydrogens (tertiary/aromatic N) is 3. The molecule has 0 radical (unpaired) electrons. The van der Waals surface area contributed by atoms with E-state index in [0.717, 1.165) is 30.7 Å². The highest BCUT2D eigenvalue weighted by Crippen LogP contribution is 2.30. The van der Waals surface area contributed by atoms with Gasteiger partial charge < -0.3 is 19.1 Å². The minimum absolute atomic E-state index is 0. The minimum Gasteiger partial charge on any atom is -0.493 e. The first-order valence-electron chi connectivity index (χ1n) is 8.80. The number of likely N-dealkylation sites (N-methyl/N-ethyl adjacent to an activating group) is 1. The zero-order valence-corrected chi connectivity index (χ0v) is 17.7. The number of hydrogen-bond donors (Lipinski definition) is 0. The second kappa shape index (κ2) is 11.8. The first-order valence-corrected chi connectivity index (χ1v) is 8.80. The van der Waals surface area contributed by atoms with Crippen LogP contribution in [0.4, 0.5) is 11.4 Å². The summed E-state index contributed by atoms with van der Waals surface area (Å²) in [5.74, 6) is 1.57. The van der Waals surface area contributed by atoms with Crippen molar-refractivity contribution < 1.29 is 24.1 Å². The Morgan fingerprint density at radius 2 is 1.57 bits per heavy atom. The number of benzene rings is 2. The first-order chi connectivity index (χ1) is 13.8. The fraction of sp³-hybridized carbons (Fsp3) is 0.368. The Hall–Kier alpha value is -3.11. The topological polar surface area (TPSA) is 117 Å². The van der Waals surface area contributed by atoms with E-state index in [0.29, 0.717) is 18.0 Å². The Morgan fingerprint density at radius 3 is 2.17 bits per heavy atom. The summed E-state index contributed by atoms with van der Waals surface area (Å²) in [4.78, 5) is 22.3. The Kier molecular flexibility index (Phi) is 9.79. The highest BCUT2D eigenvalue weighted by atomic mass is 35.5. The first kappa shape index (κ1) is 24.9. The van der Waals surface area contributed by atoms with Crippen LogP contribution in [0, 0.1) is 20.2 Å². The lowest BCUT2D eigenvalue weighted by Crippen LogP contribution is -2.26. The van der Waals surface area contributed by atoms with Crippen LogP contribution in [0.5, 0.6) is 17.2 Å². The molecule has 2 aromatic rings. The fourth-order valence-electron chi connectivity index (χ4n) is 2.68. The summed E-state index contributed by atoms with van der Waals surface area (Å²) in [5.41, 5.74) is -0.0508. The number of methoxy groups -OCH3 is 2. The molecule has 0 aromatic heterocycles. The molecular weight excluding hydrogens is 418 g/mol. The Morgan fingerprint density at radius 1 is 0.900 bits per heavy atom. The highest BCUT2D eigenvalue weighted by molar-refractivity contribution is 5.85. The molecule has 0 N–H and O–H groups in total. The van der Waals surface area contributed by atoms with E-state index < -0.39 is 21.2 Å². The molecule has 0 saturated heterocycles. The maximum Gasteiger partial charge on any atom is 0.349 e. The van der Waals surface area contributed by atoms with Gasteiger partial charge in [-0.3, -0.25) is 20.2 Å². The smallest absolute Gasteiger partial charge is 0.349 e. The SMILES string of the molecule is COc1ccc(CCN(C)CCOc2ccc([N+](=O)[O-])c([N+](=O)[O-])c2)cc1OC.Cl. The van der Waals surface area contributed by atoms with Crippen LogP contribution < -0.4 is 14.2 Å². The van der Waals surface area contributed by atoms with Gasteiger partial charge in [0, 0.05) is 19.2 Å². The van der Waals surface area contributed by atoms with E-state index in [1.54, 1.807) is 14.2 Å². The molecule has 0 amide bonds. The molecule has 30 heavy (non-hydrogen) atoms. The fourth-order valence-corrected chi connectivity index (χ4v) is 2.68. The monoisotopic (exact) mass is 441 g/mol. The third-order valence-electron chi connectivity index (χ3n) is 4.31. The summed E-state index contributed by atoms with van der Waals surface area (Å²) in [6.07, 6.45) is 0.792. The van der Waals surface area contributed by atoms with Crippen molar-refractivity contribution in [2.24, 2.45) is 0 Å². The van der Waals surface area contributed by atoms with Crippen LogP contribution in [0.25, 0.3) is 0 Å². The standard InChI is InChI=1S/C19H23N3O7.ClH/c1-20(9-8-14-4-7-18(27-2)19(12-14)28-3)10-11-29-15-5-6-16(21(23)24)17(13-15)22(25)26;/h4-7,12-13H,8-11H2,1-3H3;1H. The normalized spacial score (nSPS) is 10.3. The molecule has 0 bridgehead atoms. The van der Waals surface area contributed by atoms with Gasteiger partial charge in [-0.1, -0.05) is 6.07 Å². The summed E-state index contributed by atoms with van der Waals surface area (Å²) in [6.45, 7) is 1.63. The molecule has 0 aliphatic carbocycles. The third-order valence-corrected chi connectivity index (χ3v) is 4.31. The lowest BCUT2D eigenvalue weighted by atomic mass is 10.1. The molecule has 2 aromatic carbocycles. The molecule has 0 aliphatic rings. The van der Waals surface area contributed by atoms with Crippen molar-refractivity contribution in [3.63, 3.8) is 0 Å². The lowest BCUT2D eigenvalue weighted by Gasteiger charge is -2.17. The van der Waals surface area contributed by atoms with Crippen LogP contribution in [0.1, 0.15) is 5.56 Å². The van der Waals surface area contributed by atoms with Gasteiger partial charge in [-0.15, -0.1) is 12.4 Å². The molecule has 0 aliphatic heterocycles. The highest BCUT2D eigenvalue weighted by Gasteiger charge is 2.24. The maximum atomic E-state index is 11.0. The van der Waals surface area contributed by atoms with Gasteiger partial charge >= 0.3 is 11.4 Å². The second-order valence-electron chi connectivity index (χ2n) is 6.26. The quantitative estimate of drug-likeness (QED) is 0.384. The molecule has 0 saturated carbocycles. The van der Waals surface area contributed by atoms with E-state index in [1.807, 2.05) is 25.2 Å². The van der Waals surface area contributed by atoms with Gasteiger partial charge in [0.25, 0.3) is 0 Å². The number of hydrogen-bond acceptors (Lipinski definition) is 8. The van der Waals surface area contributed by atoms with Crippen molar-refractivity contribution in [1.82, 2.24) is 4.90 Å². The molecule has 0 unspecified atom stereocenters. The number of nitro groups is 2. The van der Waals surface area contributed by atoms with E-state index in [4.69, 9.17) is 14.2 Å².